The van der Waals surface area contributed by atoms with Gasteiger partial charge < -0.3 is 10.2 Å². The maximum Gasteiger partial charge on any atom is 0.245 e. The van der Waals surface area contributed by atoms with Gasteiger partial charge in [0.05, 0.1) is 0 Å². The topological polar surface area (TPSA) is 49.4 Å². The Labute approximate surface area is 109 Å². The van der Waals surface area contributed by atoms with E-state index in [1.807, 2.05) is 4.90 Å². The van der Waals surface area contributed by atoms with Gasteiger partial charge in [0.1, 0.15) is 6.04 Å². The summed E-state index contributed by atoms with van der Waals surface area (Å²) in [5.41, 5.74) is 0. The zero-order chi connectivity index (χ0) is 12.8. The molecule has 2 atom stereocenters. The van der Waals surface area contributed by atoms with Crippen molar-refractivity contribution in [3.8, 4) is 0 Å². The van der Waals surface area contributed by atoms with E-state index < -0.39 is 6.04 Å². The van der Waals surface area contributed by atoms with Gasteiger partial charge in [0.25, 0.3) is 0 Å². The Hall–Kier alpha value is -0.710. The molecular weight excluding hydrogens is 236 g/mol. The van der Waals surface area contributed by atoms with E-state index >= 15 is 0 Å². The molecule has 17 heavy (non-hydrogen) atoms. The average molecular weight is 258 g/mol. The van der Waals surface area contributed by atoms with E-state index in [4.69, 9.17) is 0 Å². The van der Waals surface area contributed by atoms with E-state index in [0.29, 0.717) is 11.7 Å². The van der Waals surface area contributed by atoms with Crippen molar-refractivity contribution in [2.75, 3.05) is 18.8 Å². The molecule has 0 radical (unpaired) electrons. The molecule has 98 valence electrons. The average Bonchev–Trinajstić information content (AvgIpc) is 2.49. The van der Waals surface area contributed by atoms with Crippen LogP contribution in [0.1, 0.15) is 33.1 Å². The summed E-state index contributed by atoms with van der Waals surface area (Å²) in [7, 11) is 0. The molecule has 4 nitrogen and oxygen atoms in total. The molecule has 0 aromatic rings. The van der Waals surface area contributed by atoms with Crippen molar-refractivity contribution in [2.45, 2.75) is 39.2 Å². The Balaban J connectivity index is 2.57. The SMILES string of the molecule is CC(=O)NC(CS)C(=O)N1CCCC(C)CC1. The van der Waals surface area contributed by atoms with Crippen LogP contribution < -0.4 is 5.32 Å². The highest BCUT2D eigenvalue weighted by Crippen LogP contribution is 2.17. The van der Waals surface area contributed by atoms with E-state index in [1.165, 1.54) is 13.3 Å². The van der Waals surface area contributed by atoms with Crippen LogP contribution in [0, 0.1) is 5.92 Å². The standard InChI is InChI=1S/C12H22N2O2S/c1-9-4-3-6-14(7-5-9)12(16)11(8-17)13-10(2)15/h9,11,17H,3-8H2,1-2H3,(H,13,15). The summed E-state index contributed by atoms with van der Waals surface area (Å²) in [5, 5.41) is 2.65. The molecule has 2 unspecified atom stereocenters. The number of nitrogens with zero attached hydrogens (tertiary/aromatic N) is 1. The molecule has 1 heterocycles. The number of nitrogens with one attached hydrogen (secondary N) is 1. The van der Waals surface area contributed by atoms with Crippen molar-refractivity contribution in [3.63, 3.8) is 0 Å². The molecule has 1 fully saturated rings. The lowest BCUT2D eigenvalue weighted by Crippen LogP contribution is -2.49. The van der Waals surface area contributed by atoms with Crippen molar-refractivity contribution in [1.82, 2.24) is 10.2 Å². The smallest absolute Gasteiger partial charge is 0.245 e. The molecule has 0 aromatic heterocycles. The predicted octanol–water partition coefficient (Wildman–Crippen LogP) is 1.07. The minimum Gasteiger partial charge on any atom is -0.344 e. The van der Waals surface area contributed by atoms with Crippen LogP contribution in [0.15, 0.2) is 0 Å². The summed E-state index contributed by atoms with van der Waals surface area (Å²) >= 11 is 4.13. The summed E-state index contributed by atoms with van der Waals surface area (Å²) < 4.78 is 0. The molecule has 2 amide bonds. The van der Waals surface area contributed by atoms with Crippen LogP contribution in [0.4, 0.5) is 0 Å². The number of hydrogen-bond acceptors (Lipinski definition) is 3. The summed E-state index contributed by atoms with van der Waals surface area (Å²) in [6, 6.07) is -0.482. The zero-order valence-corrected chi connectivity index (χ0v) is 11.5. The number of carbonyl (C=O) groups excluding carboxylic acids is 2. The van der Waals surface area contributed by atoms with Crippen LogP contribution in [-0.4, -0.2) is 41.6 Å². The molecule has 1 saturated heterocycles. The fourth-order valence-electron chi connectivity index (χ4n) is 2.13. The maximum absolute atomic E-state index is 12.2. The lowest BCUT2D eigenvalue weighted by molar-refractivity contribution is -0.135. The highest BCUT2D eigenvalue weighted by Gasteiger charge is 2.25. The zero-order valence-electron chi connectivity index (χ0n) is 10.6. The third kappa shape index (κ3) is 4.58. The Kier molecular flexibility index (Phi) is 5.82. The van der Waals surface area contributed by atoms with Crippen molar-refractivity contribution < 1.29 is 9.59 Å². The first-order chi connectivity index (χ1) is 8.04. The summed E-state index contributed by atoms with van der Waals surface area (Å²) in [6.07, 6.45) is 3.27. The normalized spacial score (nSPS) is 22.8. The lowest BCUT2D eigenvalue weighted by Gasteiger charge is -2.25. The van der Waals surface area contributed by atoms with Crippen LogP contribution in [0.3, 0.4) is 0 Å². The molecule has 0 bridgehead atoms. The minimum absolute atomic E-state index is 0.00398. The number of hydrogen-bond donors (Lipinski definition) is 2. The highest BCUT2D eigenvalue weighted by molar-refractivity contribution is 7.80. The van der Waals surface area contributed by atoms with Gasteiger partial charge in [-0.1, -0.05) is 6.92 Å². The molecule has 1 aliphatic rings. The van der Waals surface area contributed by atoms with Gasteiger partial charge >= 0.3 is 0 Å². The summed E-state index contributed by atoms with van der Waals surface area (Å²) in [5.74, 6) is 0.859. The molecule has 0 aliphatic carbocycles. The van der Waals surface area contributed by atoms with Gasteiger partial charge in [-0.3, -0.25) is 9.59 Å². The van der Waals surface area contributed by atoms with Crippen LogP contribution in [0.2, 0.25) is 0 Å². The van der Waals surface area contributed by atoms with Crippen molar-refractivity contribution in [2.24, 2.45) is 5.92 Å². The van der Waals surface area contributed by atoms with E-state index in [1.54, 1.807) is 0 Å². The quantitative estimate of drug-likeness (QED) is 0.744. The fourth-order valence-corrected chi connectivity index (χ4v) is 2.38. The second kappa shape index (κ2) is 6.89. The molecule has 0 aromatic carbocycles. The van der Waals surface area contributed by atoms with Gasteiger partial charge in [-0.25, -0.2) is 0 Å². The number of rotatable bonds is 3. The van der Waals surface area contributed by atoms with Crippen LogP contribution >= 0.6 is 12.6 Å². The minimum atomic E-state index is -0.482. The van der Waals surface area contributed by atoms with Gasteiger partial charge in [-0.05, 0) is 25.2 Å². The van der Waals surface area contributed by atoms with Crippen molar-refractivity contribution in [3.05, 3.63) is 0 Å². The highest BCUT2D eigenvalue weighted by atomic mass is 32.1. The second-order valence-electron chi connectivity index (χ2n) is 4.80. The Morgan fingerprint density at radius 3 is 2.71 bits per heavy atom. The first kappa shape index (κ1) is 14.4. The van der Waals surface area contributed by atoms with Gasteiger partial charge in [-0.15, -0.1) is 0 Å². The molecule has 0 saturated carbocycles. The number of thiol groups is 1. The lowest BCUT2D eigenvalue weighted by atomic mass is 10.0. The van der Waals surface area contributed by atoms with E-state index in [0.717, 1.165) is 25.9 Å². The van der Waals surface area contributed by atoms with Crippen molar-refractivity contribution >= 4 is 24.4 Å². The van der Waals surface area contributed by atoms with Gasteiger partial charge in [0, 0.05) is 25.8 Å². The van der Waals surface area contributed by atoms with E-state index in [-0.39, 0.29) is 11.8 Å². The Bertz CT molecular complexity index is 284. The summed E-state index contributed by atoms with van der Waals surface area (Å²) in [4.78, 5) is 25.1. The molecule has 1 aliphatic heterocycles. The second-order valence-corrected chi connectivity index (χ2v) is 5.16. The van der Waals surface area contributed by atoms with E-state index in [9.17, 15) is 9.59 Å². The van der Waals surface area contributed by atoms with Crippen molar-refractivity contribution in [1.29, 1.82) is 0 Å². The number of carbonyl (C=O) groups is 2. The first-order valence-electron chi connectivity index (χ1n) is 6.21. The van der Waals surface area contributed by atoms with Crippen LogP contribution in [0.5, 0.6) is 0 Å². The number of likely N-dealkylation sites (tertiary alicyclic amines) is 1. The van der Waals surface area contributed by atoms with Gasteiger partial charge in [-0.2, -0.15) is 12.6 Å². The third-order valence-corrected chi connectivity index (χ3v) is 3.55. The molecule has 1 rings (SSSR count). The first-order valence-corrected chi connectivity index (χ1v) is 6.84. The Morgan fingerprint density at radius 1 is 1.41 bits per heavy atom. The predicted molar refractivity (Wildman–Crippen MR) is 71.1 cm³/mol. The van der Waals surface area contributed by atoms with Crippen LogP contribution in [0.25, 0.3) is 0 Å². The maximum atomic E-state index is 12.2. The van der Waals surface area contributed by atoms with Gasteiger partial charge in [0.15, 0.2) is 0 Å². The summed E-state index contributed by atoms with van der Waals surface area (Å²) in [6.45, 7) is 5.24. The monoisotopic (exact) mass is 258 g/mol. The Morgan fingerprint density at radius 2 is 2.12 bits per heavy atom. The fraction of sp³-hybridized carbons (Fsp3) is 0.833. The van der Waals surface area contributed by atoms with Crippen LogP contribution in [-0.2, 0) is 9.59 Å². The molecule has 0 spiro atoms. The molecule has 5 heteroatoms. The third-order valence-electron chi connectivity index (χ3n) is 3.19. The van der Waals surface area contributed by atoms with E-state index in [2.05, 4.69) is 24.9 Å². The molecule has 1 N–H and O–H groups in total. The molecular formula is C12H22N2O2S. The largest absolute Gasteiger partial charge is 0.344 e. The van der Waals surface area contributed by atoms with Gasteiger partial charge in [0.2, 0.25) is 11.8 Å². The number of amides is 2.